The molecule has 150 valence electrons. The second kappa shape index (κ2) is 9.72. The van der Waals surface area contributed by atoms with Gasteiger partial charge in [0.05, 0.1) is 0 Å². The molecule has 0 saturated heterocycles. The van der Waals surface area contributed by atoms with E-state index in [4.69, 9.17) is 0 Å². The first-order valence-electron chi connectivity index (χ1n) is 8.81. The predicted octanol–water partition coefficient (Wildman–Crippen LogP) is 11.3. The largest absolute Gasteiger partial charge is 0.0508 e. The zero-order chi connectivity index (χ0) is 21.4. The number of benzene rings is 4. The normalized spacial score (nSPS) is 11.0. The van der Waals surface area contributed by atoms with Crippen LogP contribution in [0.15, 0.2) is 99.6 Å². The van der Waals surface area contributed by atoms with Gasteiger partial charge in [0.2, 0.25) is 0 Å². The third-order valence-corrected chi connectivity index (χ3v) is 7.27. The van der Waals surface area contributed by atoms with Gasteiger partial charge in [0.15, 0.2) is 0 Å². The molecular formula is C24H12Br6. The summed E-state index contributed by atoms with van der Waals surface area (Å²) in [5.74, 6) is 0. The highest BCUT2D eigenvalue weighted by molar-refractivity contribution is 9.11. The van der Waals surface area contributed by atoms with Gasteiger partial charge in [-0.2, -0.15) is 0 Å². The minimum Gasteiger partial charge on any atom is -0.0508 e. The van der Waals surface area contributed by atoms with E-state index in [1.54, 1.807) is 0 Å². The van der Waals surface area contributed by atoms with E-state index >= 15 is 0 Å². The lowest BCUT2D eigenvalue weighted by molar-refractivity contribution is 1.52. The summed E-state index contributed by atoms with van der Waals surface area (Å²) in [4.78, 5) is 0. The van der Waals surface area contributed by atoms with Crippen molar-refractivity contribution in [2.45, 2.75) is 0 Å². The van der Waals surface area contributed by atoms with Crippen LogP contribution in [0.5, 0.6) is 0 Å². The fraction of sp³-hybridized carbons (Fsp3) is 0. The first-order chi connectivity index (χ1) is 14.3. The Labute approximate surface area is 226 Å². The van der Waals surface area contributed by atoms with E-state index in [1.807, 2.05) is 18.2 Å². The minimum absolute atomic E-state index is 1.04. The lowest BCUT2D eigenvalue weighted by atomic mass is 9.93. The molecule has 0 aromatic heterocycles. The number of halogens is 6. The minimum atomic E-state index is 1.04. The molecule has 6 heteroatoms. The lowest BCUT2D eigenvalue weighted by Crippen LogP contribution is -1.87. The Balaban J connectivity index is 1.98. The summed E-state index contributed by atoms with van der Waals surface area (Å²) in [6.07, 6.45) is 0. The molecule has 0 atom stereocenters. The maximum atomic E-state index is 3.62. The summed E-state index contributed by atoms with van der Waals surface area (Å²) in [6, 6.07) is 25.7. The second-order valence-electron chi connectivity index (χ2n) is 6.77. The van der Waals surface area contributed by atoms with Crippen molar-refractivity contribution in [2.24, 2.45) is 0 Å². The quantitative estimate of drug-likeness (QED) is 0.194. The zero-order valence-corrected chi connectivity index (χ0v) is 24.7. The number of hydrogen-bond acceptors (Lipinski definition) is 0. The summed E-state index contributed by atoms with van der Waals surface area (Å²) >= 11 is 21.7. The monoisotopic (exact) mass is 774 g/mol. The molecule has 0 aliphatic heterocycles. The van der Waals surface area contributed by atoms with E-state index in [-0.39, 0.29) is 0 Å². The smallest absolute Gasteiger partial charge is 0.0192 e. The van der Waals surface area contributed by atoms with E-state index in [0.29, 0.717) is 0 Å². The van der Waals surface area contributed by atoms with Crippen LogP contribution in [0.25, 0.3) is 33.4 Å². The second-order valence-corrected chi connectivity index (χ2v) is 12.3. The third kappa shape index (κ3) is 5.57. The van der Waals surface area contributed by atoms with Crippen molar-refractivity contribution < 1.29 is 0 Å². The Morgan fingerprint density at radius 2 is 0.400 bits per heavy atom. The summed E-state index contributed by atoms with van der Waals surface area (Å²) in [6.45, 7) is 0. The fourth-order valence-corrected chi connectivity index (χ4v) is 7.17. The van der Waals surface area contributed by atoms with Gasteiger partial charge >= 0.3 is 0 Å². The molecule has 4 aromatic rings. The van der Waals surface area contributed by atoms with Crippen LogP contribution >= 0.6 is 95.6 Å². The van der Waals surface area contributed by atoms with Crippen molar-refractivity contribution in [2.75, 3.05) is 0 Å². The molecule has 0 aliphatic carbocycles. The van der Waals surface area contributed by atoms with Gasteiger partial charge in [-0.25, -0.2) is 0 Å². The van der Waals surface area contributed by atoms with Gasteiger partial charge in [0, 0.05) is 26.8 Å². The average molecular weight is 780 g/mol. The van der Waals surface area contributed by atoms with Crippen LogP contribution in [0.4, 0.5) is 0 Å². The maximum absolute atomic E-state index is 3.62. The van der Waals surface area contributed by atoms with Gasteiger partial charge in [-0.1, -0.05) is 95.6 Å². The van der Waals surface area contributed by atoms with Crippen molar-refractivity contribution in [3.63, 3.8) is 0 Å². The van der Waals surface area contributed by atoms with Crippen molar-refractivity contribution in [3.8, 4) is 33.4 Å². The van der Waals surface area contributed by atoms with E-state index in [0.717, 1.165) is 60.2 Å². The first kappa shape index (κ1) is 22.9. The highest BCUT2D eigenvalue weighted by Crippen LogP contribution is 2.37. The van der Waals surface area contributed by atoms with Crippen LogP contribution in [0, 0.1) is 0 Å². The highest BCUT2D eigenvalue weighted by Gasteiger charge is 2.11. The number of rotatable bonds is 3. The molecule has 0 fully saturated rings. The van der Waals surface area contributed by atoms with Crippen molar-refractivity contribution >= 4 is 95.6 Å². The summed E-state index contributed by atoms with van der Waals surface area (Å²) in [5.41, 5.74) is 6.87. The van der Waals surface area contributed by atoms with E-state index in [9.17, 15) is 0 Å². The predicted molar refractivity (Wildman–Crippen MR) is 149 cm³/mol. The zero-order valence-electron chi connectivity index (χ0n) is 15.2. The molecule has 0 amide bonds. The average Bonchev–Trinajstić information content (AvgIpc) is 2.65. The Hall–Kier alpha value is -0.240. The van der Waals surface area contributed by atoms with E-state index in [2.05, 4.69) is 150 Å². The molecule has 0 spiro atoms. The van der Waals surface area contributed by atoms with Crippen LogP contribution in [0.3, 0.4) is 0 Å². The molecule has 30 heavy (non-hydrogen) atoms. The van der Waals surface area contributed by atoms with E-state index < -0.39 is 0 Å². The Kier molecular flexibility index (Phi) is 7.43. The van der Waals surface area contributed by atoms with Crippen molar-refractivity contribution in [1.82, 2.24) is 0 Å². The SMILES string of the molecule is Brc1cc(Br)cc(-c2cc(-c3cc(Br)cc(Br)c3)cc(-c3cc(Br)cc(Br)c3)c2)c1. The van der Waals surface area contributed by atoms with E-state index in [1.165, 1.54) is 0 Å². The molecule has 4 aromatic carbocycles. The van der Waals surface area contributed by atoms with Crippen LogP contribution in [0.1, 0.15) is 0 Å². The maximum Gasteiger partial charge on any atom is 0.0192 e. The first-order valence-corrected chi connectivity index (χ1v) is 13.6. The van der Waals surface area contributed by atoms with Gasteiger partial charge in [-0.15, -0.1) is 0 Å². The van der Waals surface area contributed by atoms with Crippen molar-refractivity contribution in [3.05, 3.63) is 99.6 Å². The summed E-state index contributed by atoms with van der Waals surface area (Å²) in [5, 5.41) is 0. The standard InChI is InChI=1S/C24H12Br6/c25-19-4-16(5-20(26)10-19)13-1-14(17-6-21(27)11-22(28)7-17)3-15(2-13)18-8-23(29)12-24(30)9-18/h1-12H. The summed E-state index contributed by atoms with van der Waals surface area (Å²) < 4.78 is 6.22. The fourth-order valence-electron chi connectivity index (χ4n) is 3.29. The molecule has 0 bridgehead atoms. The molecule has 4 rings (SSSR count). The van der Waals surface area contributed by atoms with Crippen LogP contribution < -0.4 is 0 Å². The van der Waals surface area contributed by atoms with Gasteiger partial charge < -0.3 is 0 Å². The molecule has 0 unspecified atom stereocenters. The van der Waals surface area contributed by atoms with Gasteiger partial charge in [0.1, 0.15) is 0 Å². The lowest BCUT2D eigenvalue weighted by Gasteiger charge is -2.13. The number of hydrogen-bond donors (Lipinski definition) is 0. The highest BCUT2D eigenvalue weighted by atomic mass is 79.9. The van der Waals surface area contributed by atoms with Gasteiger partial charge in [0.25, 0.3) is 0 Å². The van der Waals surface area contributed by atoms with Crippen LogP contribution in [-0.2, 0) is 0 Å². The molecule has 0 radical (unpaired) electrons. The molecule has 0 saturated carbocycles. The molecule has 0 aliphatic rings. The Morgan fingerprint density at radius 1 is 0.233 bits per heavy atom. The van der Waals surface area contributed by atoms with Gasteiger partial charge in [-0.3, -0.25) is 0 Å². The molecule has 0 N–H and O–H groups in total. The molecule has 0 nitrogen and oxygen atoms in total. The van der Waals surface area contributed by atoms with Crippen LogP contribution in [-0.4, -0.2) is 0 Å². The summed E-state index contributed by atoms with van der Waals surface area (Å²) in [7, 11) is 0. The van der Waals surface area contributed by atoms with Gasteiger partial charge in [-0.05, 0) is 106 Å². The Morgan fingerprint density at radius 3 is 0.600 bits per heavy atom. The van der Waals surface area contributed by atoms with Crippen molar-refractivity contribution in [1.29, 1.82) is 0 Å². The van der Waals surface area contributed by atoms with Crippen LogP contribution in [0.2, 0.25) is 0 Å². The third-order valence-electron chi connectivity index (χ3n) is 4.52. The topological polar surface area (TPSA) is 0 Å². The molecular weight excluding hydrogens is 768 g/mol. The Bertz CT molecular complexity index is 1030. The molecule has 0 heterocycles.